The average molecular weight is 447 g/mol. The molecule has 1 saturated heterocycles. The normalized spacial score (nSPS) is 19.0. The molecule has 2 fully saturated rings. The summed E-state index contributed by atoms with van der Waals surface area (Å²) in [5.74, 6) is 0.751. The van der Waals surface area contributed by atoms with Crippen LogP contribution in [0.2, 0.25) is 0 Å². The van der Waals surface area contributed by atoms with Crippen molar-refractivity contribution in [2.75, 3.05) is 51.6 Å². The maximum Gasteiger partial charge on any atom is 0.251 e. The van der Waals surface area contributed by atoms with Gasteiger partial charge in [0.1, 0.15) is 0 Å². The number of aryl methyl sites for hydroxylation is 2. The molecule has 2 heterocycles. The van der Waals surface area contributed by atoms with Crippen molar-refractivity contribution >= 4 is 23.5 Å². The van der Waals surface area contributed by atoms with E-state index in [9.17, 15) is 4.79 Å². The summed E-state index contributed by atoms with van der Waals surface area (Å²) < 4.78 is 0. The number of aromatic nitrogens is 2. The standard InChI is InChI=1S/C26H34N6O/c1-18-3-4-20(25(33)29-22-6-7-22)16-23(18)19-5-8-24-21(15-19)17-28-26(30-24)27-9-10-32-13-11-31(2)12-14-32/h3-4,15-17,22H,5-14H2,1-2H3,(H,29,33)(H,27,28,30). The minimum absolute atomic E-state index is 0.0335. The highest BCUT2D eigenvalue weighted by molar-refractivity contribution is 5.96. The van der Waals surface area contributed by atoms with E-state index in [1.165, 1.54) is 11.1 Å². The number of benzene rings is 1. The van der Waals surface area contributed by atoms with E-state index in [0.29, 0.717) is 6.04 Å². The molecule has 1 aromatic carbocycles. The van der Waals surface area contributed by atoms with Crippen LogP contribution < -0.4 is 10.6 Å². The fraction of sp³-hybridized carbons (Fsp3) is 0.500. The Morgan fingerprint density at radius 1 is 1.15 bits per heavy atom. The van der Waals surface area contributed by atoms with Crippen LogP contribution in [0.5, 0.6) is 0 Å². The Hall–Kier alpha value is -2.77. The van der Waals surface area contributed by atoms with Gasteiger partial charge in [-0.2, -0.15) is 0 Å². The Morgan fingerprint density at radius 2 is 1.97 bits per heavy atom. The van der Waals surface area contributed by atoms with Gasteiger partial charge in [-0.15, -0.1) is 0 Å². The first kappa shape index (κ1) is 22.0. The average Bonchev–Trinajstić information content (AvgIpc) is 3.64. The summed E-state index contributed by atoms with van der Waals surface area (Å²) in [7, 11) is 2.18. The summed E-state index contributed by atoms with van der Waals surface area (Å²) in [6.45, 7) is 8.51. The summed E-state index contributed by atoms with van der Waals surface area (Å²) in [5.41, 5.74) is 6.50. The lowest BCUT2D eigenvalue weighted by atomic mass is 9.89. The first-order valence-corrected chi connectivity index (χ1v) is 12.2. The van der Waals surface area contributed by atoms with E-state index < -0.39 is 0 Å². The van der Waals surface area contributed by atoms with Gasteiger partial charge in [-0.05, 0) is 74.6 Å². The van der Waals surface area contributed by atoms with Crippen LogP contribution in [0.3, 0.4) is 0 Å². The molecule has 0 atom stereocenters. The highest BCUT2D eigenvalue weighted by Gasteiger charge is 2.24. The quantitative estimate of drug-likeness (QED) is 0.681. The molecule has 0 spiro atoms. The highest BCUT2D eigenvalue weighted by atomic mass is 16.1. The van der Waals surface area contributed by atoms with E-state index in [4.69, 9.17) is 4.98 Å². The van der Waals surface area contributed by atoms with Gasteiger partial charge in [0.2, 0.25) is 5.95 Å². The topological polar surface area (TPSA) is 73.4 Å². The number of fused-ring (bicyclic) bond motifs is 1. The molecule has 2 aromatic rings. The van der Waals surface area contributed by atoms with Crippen LogP contribution in [0.4, 0.5) is 5.95 Å². The molecule has 1 amide bonds. The molecule has 33 heavy (non-hydrogen) atoms. The third-order valence-electron chi connectivity index (χ3n) is 6.93. The number of likely N-dealkylation sites (N-methyl/N-ethyl adjacent to an activating group) is 1. The lowest BCUT2D eigenvalue weighted by Gasteiger charge is -2.32. The number of nitrogens with zero attached hydrogens (tertiary/aromatic N) is 4. The van der Waals surface area contributed by atoms with Gasteiger partial charge in [0.05, 0.1) is 5.69 Å². The van der Waals surface area contributed by atoms with Crippen LogP contribution in [-0.2, 0) is 6.42 Å². The maximum atomic E-state index is 12.5. The van der Waals surface area contributed by atoms with Gasteiger partial charge >= 0.3 is 0 Å². The van der Waals surface area contributed by atoms with Gasteiger partial charge in [0.15, 0.2) is 0 Å². The highest BCUT2D eigenvalue weighted by Crippen LogP contribution is 2.32. The van der Waals surface area contributed by atoms with Gasteiger partial charge in [-0.1, -0.05) is 6.07 Å². The van der Waals surface area contributed by atoms with Crippen molar-refractivity contribution in [3.63, 3.8) is 0 Å². The first-order valence-electron chi connectivity index (χ1n) is 12.2. The maximum absolute atomic E-state index is 12.5. The van der Waals surface area contributed by atoms with Crippen molar-refractivity contribution in [2.24, 2.45) is 0 Å². The van der Waals surface area contributed by atoms with Gasteiger partial charge in [0.25, 0.3) is 5.91 Å². The third-order valence-corrected chi connectivity index (χ3v) is 6.93. The van der Waals surface area contributed by atoms with Crippen LogP contribution >= 0.6 is 0 Å². The van der Waals surface area contributed by atoms with Crippen molar-refractivity contribution in [3.05, 3.63) is 52.3 Å². The van der Waals surface area contributed by atoms with E-state index >= 15 is 0 Å². The lowest BCUT2D eigenvalue weighted by Crippen LogP contribution is -2.45. The number of allylic oxidation sites excluding steroid dienone is 1. The number of hydrogen-bond acceptors (Lipinski definition) is 6. The second kappa shape index (κ2) is 9.61. The van der Waals surface area contributed by atoms with Crippen molar-refractivity contribution in [3.8, 4) is 0 Å². The zero-order valence-corrected chi connectivity index (χ0v) is 19.7. The van der Waals surface area contributed by atoms with Gasteiger partial charge < -0.3 is 15.5 Å². The molecular weight excluding hydrogens is 412 g/mol. The number of piperazine rings is 1. The molecule has 1 aliphatic heterocycles. The van der Waals surface area contributed by atoms with Gasteiger partial charge in [0, 0.05) is 62.6 Å². The van der Waals surface area contributed by atoms with E-state index in [-0.39, 0.29) is 5.91 Å². The van der Waals surface area contributed by atoms with Crippen molar-refractivity contribution in [1.29, 1.82) is 0 Å². The molecule has 1 aromatic heterocycles. The molecule has 174 valence electrons. The molecule has 2 N–H and O–H groups in total. The minimum Gasteiger partial charge on any atom is -0.353 e. The zero-order chi connectivity index (χ0) is 22.8. The number of carbonyl (C=O) groups is 1. The van der Waals surface area contributed by atoms with Crippen molar-refractivity contribution in [1.82, 2.24) is 25.1 Å². The van der Waals surface area contributed by atoms with Crippen molar-refractivity contribution < 1.29 is 4.79 Å². The van der Waals surface area contributed by atoms with Crippen LogP contribution in [0.15, 0.2) is 24.4 Å². The van der Waals surface area contributed by atoms with E-state index in [0.717, 1.165) is 93.3 Å². The summed E-state index contributed by atoms with van der Waals surface area (Å²) in [4.78, 5) is 26.7. The van der Waals surface area contributed by atoms with E-state index in [1.54, 1.807) is 0 Å². The molecule has 0 radical (unpaired) electrons. The fourth-order valence-electron chi connectivity index (χ4n) is 4.56. The summed E-state index contributed by atoms with van der Waals surface area (Å²) in [6.07, 6.45) is 8.11. The summed E-state index contributed by atoms with van der Waals surface area (Å²) in [6, 6.07) is 6.39. The number of anilines is 1. The minimum atomic E-state index is 0.0335. The number of rotatable bonds is 7. The second-order valence-corrected chi connectivity index (χ2v) is 9.61. The number of amides is 1. The zero-order valence-electron chi connectivity index (χ0n) is 19.7. The molecule has 5 rings (SSSR count). The van der Waals surface area contributed by atoms with Gasteiger partial charge in [-0.3, -0.25) is 9.69 Å². The van der Waals surface area contributed by atoms with Crippen LogP contribution in [0.1, 0.15) is 52.0 Å². The molecule has 3 aliphatic rings. The SMILES string of the molecule is Cc1ccc(C(=O)NC2CC2)cc1C1=Cc2cnc(NCCN3CCN(C)CC3)nc2CC1. The molecule has 0 unspecified atom stereocenters. The molecule has 2 aliphatic carbocycles. The monoisotopic (exact) mass is 446 g/mol. The predicted octanol–water partition coefficient (Wildman–Crippen LogP) is 2.82. The van der Waals surface area contributed by atoms with Crippen LogP contribution in [0, 0.1) is 6.92 Å². The Kier molecular flexibility index (Phi) is 6.42. The molecule has 7 heteroatoms. The second-order valence-electron chi connectivity index (χ2n) is 9.61. The number of hydrogen-bond donors (Lipinski definition) is 2. The van der Waals surface area contributed by atoms with Crippen LogP contribution in [-0.4, -0.2) is 78.0 Å². The predicted molar refractivity (Wildman–Crippen MR) is 132 cm³/mol. The Balaban J connectivity index is 1.24. The molecule has 7 nitrogen and oxygen atoms in total. The Morgan fingerprint density at radius 3 is 2.76 bits per heavy atom. The van der Waals surface area contributed by atoms with Gasteiger partial charge in [-0.25, -0.2) is 9.97 Å². The Labute approximate surface area is 196 Å². The van der Waals surface area contributed by atoms with Crippen molar-refractivity contribution in [2.45, 2.75) is 38.6 Å². The van der Waals surface area contributed by atoms with Crippen LogP contribution in [0.25, 0.3) is 11.6 Å². The van der Waals surface area contributed by atoms with E-state index in [2.05, 4.69) is 51.5 Å². The lowest BCUT2D eigenvalue weighted by molar-refractivity contribution is 0.0951. The largest absolute Gasteiger partial charge is 0.353 e. The molecular formula is C26H34N6O. The fourth-order valence-corrected chi connectivity index (χ4v) is 4.56. The third kappa shape index (κ3) is 5.42. The number of carbonyl (C=O) groups excluding carboxylic acids is 1. The molecule has 0 bridgehead atoms. The first-order chi connectivity index (χ1) is 16.0. The smallest absolute Gasteiger partial charge is 0.251 e. The van der Waals surface area contributed by atoms with E-state index in [1.807, 2.05) is 18.3 Å². The summed E-state index contributed by atoms with van der Waals surface area (Å²) in [5, 5.41) is 6.49. The Bertz CT molecular complexity index is 1050. The molecule has 1 saturated carbocycles. The summed E-state index contributed by atoms with van der Waals surface area (Å²) >= 11 is 0. The number of nitrogens with one attached hydrogen (secondary N) is 2.